The van der Waals surface area contributed by atoms with Crippen LogP contribution in [0, 0.1) is 10.2 Å². The van der Waals surface area contributed by atoms with Crippen LogP contribution >= 0.6 is 35.4 Å². The van der Waals surface area contributed by atoms with Gasteiger partial charge in [-0.05, 0) is 38.4 Å². The van der Waals surface area contributed by atoms with Crippen LogP contribution in [0.25, 0.3) is 0 Å². The number of alkyl halides is 2. The normalized spacial score (nSPS) is 27.4. The summed E-state index contributed by atoms with van der Waals surface area (Å²) in [4.78, 5) is 12.0. The fourth-order valence-electron chi connectivity index (χ4n) is 2.35. The third-order valence-corrected chi connectivity index (χ3v) is 5.47. The smallest absolute Gasteiger partial charge is 0.229 e. The number of H-pyrrole nitrogens is 1. The standard InChI is InChI=1S/C12H16Cl2N4OS/c1-11(6-12(11,13)14)9(19)15-5-4-8-16-17-10(20)18(8)7-2-3-7/h7H,2-6H2,1H3,(H,15,19)(H,17,20)/t11-/m0/s1. The number of carbonyl (C=O) groups is 1. The van der Waals surface area contributed by atoms with E-state index in [4.69, 9.17) is 35.4 Å². The van der Waals surface area contributed by atoms with Crippen LogP contribution in [0.1, 0.15) is 38.1 Å². The van der Waals surface area contributed by atoms with Crippen LogP contribution in [0.15, 0.2) is 0 Å². The highest BCUT2D eigenvalue weighted by molar-refractivity contribution is 7.71. The second-order valence-corrected chi connectivity index (χ2v) is 7.64. The average Bonchev–Trinajstić information content (AvgIpc) is 3.24. The largest absolute Gasteiger partial charge is 0.355 e. The molecule has 0 spiro atoms. The molecule has 2 fully saturated rings. The molecule has 0 unspecified atom stereocenters. The number of amides is 1. The van der Waals surface area contributed by atoms with Crippen molar-refractivity contribution in [1.82, 2.24) is 20.1 Å². The van der Waals surface area contributed by atoms with Gasteiger partial charge in [-0.2, -0.15) is 5.10 Å². The number of aromatic nitrogens is 3. The highest BCUT2D eigenvalue weighted by Crippen LogP contribution is 2.63. The van der Waals surface area contributed by atoms with E-state index in [0.29, 0.717) is 30.2 Å². The van der Waals surface area contributed by atoms with Gasteiger partial charge in [-0.3, -0.25) is 9.89 Å². The molecule has 20 heavy (non-hydrogen) atoms. The van der Waals surface area contributed by atoms with E-state index in [1.165, 1.54) is 0 Å². The van der Waals surface area contributed by atoms with Crippen molar-refractivity contribution in [3.63, 3.8) is 0 Å². The van der Waals surface area contributed by atoms with Crippen LogP contribution in [0.3, 0.4) is 0 Å². The minimum absolute atomic E-state index is 0.102. The first-order valence-electron chi connectivity index (χ1n) is 6.67. The molecule has 0 bridgehead atoms. The van der Waals surface area contributed by atoms with E-state index in [-0.39, 0.29) is 5.91 Å². The molecule has 110 valence electrons. The van der Waals surface area contributed by atoms with E-state index in [1.54, 1.807) is 6.92 Å². The molecular formula is C12H16Cl2N4OS. The lowest BCUT2D eigenvalue weighted by Crippen LogP contribution is -2.34. The molecular weight excluding hydrogens is 319 g/mol. The molecule has 1 atom stereocenters. The van der Waals surface area contributed by atoms with Gasteiger partial charge in [-0.1, -0.05) is 0 Å². The zero-order chi connectivity index (χ0) is 14.5. The summed E-state index contributed by atoms with van der Waals surface area (Å²) in [5.74, 6) is 0.788. The molecule has 3 rings (SSSR count). The van der Waals surface area contributed by atoms with Gasteiger partial charge in [-0.15, -0.1) is 23.2 Å². The number of hydrogen-bond donors (Lipinski definition) is 2. The molecule has 1 heterocycles. The second kappa shape index (κ2) is 4.71. The summed E-state index contributed by atoms with van der Waals surface area (Å²) >= 11 is 17.2. The Labute approximate surface area is 132 Å². The summed E-state index contributed by atoms with van der Waals surface area (Å²) in [5, 5.41) is 9.91. The Kier molecular flexibility index (Phi) is 3.38. The van der Waals surface area contributed by atoms with Gasteiger partial charge in [0.1, 0.15) is 10.2 Å². The Balaban J connectivity index is 1.56. The van der Waals surface area contributed by atoms with Crippen LogP contribution in [-0.2, 0) is 11.2 Å². The molecule has 2 aliphatic rings. The fourth-order valence-corrected chi connectivity index (χ4v) is 3.36. The van der Waals surface area contributed by atoms with E-state index in [1.807, 2.05) is 4.57 Å². The first-order chi connectivity index (χ1) is 9.35. The topological polar surface area (TPSA) is 62.7 Å². The minimum atomic E-state index is -0.925. The fraction of sp³-hybridized carbons (Fsp3) is 0.750. The van der Waals surface area contributed by atoms with Gasteiger partial charge in [0, 0.05) is 19.0 Å². The van der Waals surface area contributed by atoms with E-state index in [9.17, 15) is 4.79 Å². The molecule has 1 aromatic heterocycles. The number of aromatic amines is 1. The monoisotopic (exact) mass is 334 g/mol. The third-order valence-electron chi connectivity index (χ3n) is 4.08. The zero-order valence-electron chi connectivity index (χ0n) is 11.1. The minimum Gasteiger partial charge on any atom is -0.355 e. The van der Waals surface area contributed by atoms with Crippen LogP contribution < -0.4 is 5.32 Å². The average molecular weight is 335 g/mol. The van der Waals surface area contributed by atoms with Crippen molar-refractivity contribution in [1.29, 1.82) is 0 Å². The summed E-state index contributed by atoms with van der Waals surface area (Å²) < 4.78 is 1.78. The zero-order valence-corrected chi connectivity index (χ0v) is 13.4. The maximum absolute atomic E-state index is 12.0. The molecule has 2 N–H and O–H groups in total. The number of nitrogens with zero attached hydrogens (tertiary/aromatic N) is 2. The van der Waals surface area contributed by atoms with Crippen LogP contribution in [0.5, 0.6) is 0 Å². The number of rotatable bonds is 5. The number of hydrogen-bond acceptors (Lipinski definition) is 3. The summed E-state index contributed by atoms with van der Waals surface area (Å²) in [5.41, 5.74) is -0.669. The maximum atomic E-state index is 12.0. The van der Waals surface area contributed by atoms with Crippen molar-refractivity contribution in [3.05, 3.63) is 10.6 Å². The molecule has 0 aliphatic heterocycles. The van der Waals surface area contributed by atoms with Gasteiger partial charge in [0.2, 0.25) is 5.91 Å². The van der Waals surface area contributed by atoms with Crippen LogP contribution in [0.4, 0.5) is 0 Å². The van der Waals surface area contributed by atoms with Gasteiger partial charge >= 0.3 is 0 Å². The molecule has 0 saturated heterocycles. The number of nitrogens with one attached hydrogen (secondary N) is 2. The van der Waals surface area contributed by atoms with Crippen molar-refractivity contribution in [2.45, 2.75) is 43.0 Å². The molecule has 8 heteroatoms. The van der Waals surface area contributed by atoms with E-state index >= 15 is 0 Å². The molecule has 0 aromatic carbocycles. The predicted octanol–water partition coefficient (Wildman–Crippen LogP) is 2.52. The highest BCUT2D eigenvalue weighted by Gasteiger charge is 2.67. The predicted molar refractivity (Wildman–Crippen MR) is 79.6 cm³/mol. The van der Waals surface area contributed by atoms with E-state index < -0.39 is 9.75 Å². The Bertz CT molecular complexity index is 607. The second-order valence-electron chi connectivity index (χ2n) is 5.77. The first-order valence-corrected chi connectivity index (χ1v) is 7.83. The number of halogens is 2. The molecule has 2 saturated carbocycles. The number of carbonyl (C=O) groups excluding carboxylic acids is 1. The SMILES string of the molecule is C[C@@]1(C(=O)NCCc2n[nH]c(=S)n2C2CC2)CC1(Cl)Cl. The van der Waals surface area contributed by atoms with Crippen molar-refractivity contribution >= 4 is 41.3 Å². The van der Waals surface area contributed by atoms with Gasteiger partial charge in [0.05, 0.1) is 5.41 Å². The Morgan fingerprint density at radius 3 is 2.80 bits per heavy atom. The van der Waals surface area contributed by atoms with Crippen LogP contribution in [-0.4, -0.2) is 31.5 Å². The first kappa shape index (κ1) is 14.4. The van der Waals surface area contributed by atoms with E-state index in [2.05, 4.69) is 15.5 Å². The van der Waals surface area contributed by atoms with Gasteiger partial charge < -0.3 is 9.88 Å². The quantitative estimate of drug-likeness (QED) is 0.642. The molecule has 1 aromatic rings. The van der Waals surface area contributed by atoms with Crippen molar-refractivity contribution in [3.8, 4) is 0 Å². The lowest BCUT2D eigenvalue weighted by Gasteiger charge is -2.12. The Morgan fingerprint density at radius 2 is 2.25 bits per heavy atom. The Hall–Kier alpha value is -0.590. The van der Waals surface area contributed by atoms with Crippen molar-refractivity contribution < 1.29 is 4.79 Å². The third kappa shape index (κ3) is 2.38. The lowest BCUT2D eigenvalue weighted by molar-refractivity contribution is -0.125. The van der Waals surface area contributed by atoms with Gasteiger partial charge in [-0.25, -0.2) is 0 Å². The molecule has 0 radical (unpaired) electrons. The Morgan fingerprint density at radius 1 is 1.60 bits per heavy atom. The van der Waals surface area contributed by atoms with Crippen molar-refractivity contribution in [2.75, 3.05) is 6.54 Å². The summed E-state index contributed by atoms with van der Waals surface area (Å²) in [7, 11) is 0. The van der Waals surface area contributed by atoms with E-state index in [0.717, 1.165) is 18.7 Å². The lowest BCUT2D eigenvalue weighted by atomic mass is 10.1. The molecule has 5 nitrogen and oxygen atoms in total. The summed E-state index contributed by atoms with van der Waals surface area (Å²) in [6.07, 6.45) is 3.43. The maximum Gasteiger partial charge on any atom is 0.229 e. The highest BCUT2D eigenvalue weighted by atomic mass is 35.5. The van der Waals surface area contributed by atoms with Crippen molar-refractivity contribution in [2.24, 2.45) is 5.41 Å². The molecule has 2 aliphatic carbocycles. The molecule has 1 amide bonds. The summed E-state index contributed by atoms with van der Waals surface area (Å²) in [6.45, 7) is 2.28. The van der Waals surface area contributed by atoms with Gasteiger partial charge in [0.25, 0.3) is 0 Å². The van der Waals surface area contributed by atoms with Gasteiger partial charge in [0.15, 0.2) is 4.77 Å². The van der Waals surface area contributed by atoms with Crippen LogP contribution in [0.2, 0.25) is 0 Å². The summed E-state index contributed by atoms with van der Waals surface area (Å²) in [6, 6.07) is 0.478.